The molecular formula is C13H20FN3. The molecule has 3 nitrogen and oxygen atoms in total. The van der Waals surface area contributed by atoms with E-state index in [2.05, 4.69) is 22.1 Å². The molecule has 0 saturated carbocycles. The SMILES string of the molecule is CCC[C@@H](c1cccnc1F)N1CCNCC1. The zero-order chi connectivity index (χ0) is 12.1. The van der Waals surface area contributed by atoms with E-state index in [1.54, 1.807) is 0 Å². The van der Waals surface area contributed by atoms with E-state index in [9.17, 15) is 4.39 Å². The molecule has 1 aliphatic rings. The second kappa shape index (κ2) is 6.07. The van der Waals surface area contributed by atoms with Gasteiger partial charge >= 0.3 is 0 Å². The second-order valence-electron chi connectivity index (χ2n) is 4.47. The average molecular weight is 237 g/mol. The predicted molar refractivity (Wildman–Crippen MR) is 66.3 cm³/mol. The van der Waals surface area contributed by atoms with Gasteiger partial charge in [0.1, 0.15) is 0 Å². The molecule has 2 rings (SSSR count). The zero-order valence-corrected chi connectivity index (χ0v) is 10.3. The highest BCUT2D eigenvalue weighted by Gasteiger charge is 2.23. The van der Waals surface area contributed by atoms with Crippen molar-refractivity contribution in [1.29, 1.82) is 0 Å². The summed E-state index contributed by atoms with van der Waals surface area (Å²) in [5.74, 6) is -0.315. The van der Waals surface area contributed by atoms with Gasteiger partial charge in [0.15, 0.2) is 0 Å². The maximum Gasteiger partial charge on any atom is 0.217 e. The molecule has 17 heavy (non-hydrogen) atoms. The number of nitrogens with zero attached hydrogens (tertiary/aromatic N) is 2. The van der Waals surface area contributed by atoms with Crippen molar-refractivity contribution in [3.63, 3.8) is 0 Å². The molecule has 0 unspecified atom stereocenters. The van der Waals surface area contributed by atoms with Crippen molar-refractivity contribution >= 4 is 0 Å². The van der Waals surface area contributed by atoms with E-state index >= 15 is 0 Å². The molecule has 2 heterocycles. The summed E-state index contributed by atoms with van der Waals surface area (Å²) in [6.07, 6.45) is 3.56. The second-order valence-corrected chi connectivity index (χ2v) is 4.47. The molecule has 94 valence electrons. The predicted octanol–water partition coefficient (Wildman–Crippen LogP) is 1.97. The minimum Gasteiger partial charge on any atom is -0.314 e. The molecule has 1 saturated heterocycles. The van der Waals surface area contributed by atoms with Gasteiger partial charge in [0, 0.05) is 44.0 Å². The Morgan fingerprint density at radius 2 is 2.24 bits per heavy atom. The first-order valence-electron chi connectivity index (χ1n) is 6.38. The lowest BCUT2D eigenvalue weighted by Crippen LogP contribution is -2.45. The molecular weight excluding hydrogens is 217 g/mol. The fraction of sp³-hybridized carbons (Fsp3) is 0.615. The van der Waals surface area contributed by atoms with Gasteiger partial charge < -0.3 is 5.32 Å². The van der Waals surface area contributed by atoms with Gasteiger partial charge in [0.25, 0.3) is 0 Å². The summed E-state index contributed by atoms with van der Waals surface area (Å²) in [5, 5.41) is 3.33. The highest BCUT2D eigenvalue weighted by atomic mass is 19.1. The topological polar surface area (TPSA) is 28.2 Å². The highest BCUT2D eigenvalue weighted by molar-refractivity contribution is 5.16. The van der Waals surface area contributed by atoms with Crippen LogP contribution in [-0.4, -0.2) is 36.1 Å². The van der Waals surface area contributed by atoms with Crippen LogP contribution >= 0.6 is 0 Å². The number of hydrogen-bond acceptors (Lipinski definition) is 3. The van der Waals surface area contributed by atoms with Gasteiger partial charge in [-0.05, 0) is 12.5 Å². The lowest BCUT2D eigenvalue weighted by molar-refractivity contribution is 0.160. The van der Waals surface area contributed by atoms with Crippen LogP contribution in [0.4, 0.5) is 4.39 Å². The Bertz CT molecular complexity index is 350. The molecule has 1 atom stereocenters. The average Bonchev–Trinajstić information content (AvgIpc) is 2.38. The molecule has 0 radical (unpaired) electrons. The van der Waals surface area contributed by atoms with Crippen LogP contribution in [0.15, 0.2) is 18.3 Å². The standard InChI is InChI=1S/C13H20FN3/c1-2-4-12(17-9-7-15-8-10-17)11-5-3-6-16-13(11)14/h3,5-6,12,15H,2,4,7-10H2,1H3/t12-/m0/s1. The summed E-state index contributed by atoms with van der Waals surface area (Å²) in [5.41, 5.74) is 0.747. The number of pyridine rings is 1. The van der Waals surface area contributed by atoms with Gasteiger partial charge in [0.2, 0.25) is 5.95 Å². The number of rotatable bonds is 4. The third-order valence-corrected chi connectivity index (χ3v) is 3.30. The van der Waals surface area contributed by atoms with Gasteiger partial charge in [-0.15, -0.1) is 0 Å². The van der Waals surface area contributed by atoms with Crippen LogP contribution in [0.5, 0.6) is 0 Å². The number of hydrogen-bond donors (Lipinski definition) is 1. The Morgan fingerprint density at radius 1 is 1.47 bits per heavy atom. The number of halogens is 1. The maximum atomic E-state index is 13.8. The summed E-state index contributed by atoms with van der Waals surface area (Å²) in [6, 6.07) is 3.87. The first-order valence-corrected chi connectivity index (χ1v) is 6.38. The van der Waals surface area contributed by atoms with Gasteiger partial charge in [0.05, 0.1) is 0 Å². The quantitative estimate of drug-likeness (QED) is 0.811. The van der Waals surface area contributed by atoms with Crippen molar-refractivity contribution in [2.75, 3.05) is 26.2 Å². The van der Waals surface area contributed by atoms with Crippen LogP contribution < -0.4 is 5.32 Å². The molecule has 0 aliphatic carbocycles. The lowest BCUT2D eigenvalue weighted by Gasteiger charge is -2.35. The van der Waals surface area contributed by atoms with Crippen LogP contribution in [0, 0.1) is 5.95 Å². The molecule has 1 aromatic rings. The molecule has 1 aliphatic heterocycles. The summed E-state index contributed by atoms with van der Waals surface area (Å²) in [6.45, 7) is 6.09. The van der Waals surface area contributed by atoms with Gasteiger partial charge in [-0.2, -0.15) is 4.39 Å². The minimum atomic E-state index is -0.315. The van der Waals surface area contributed by atoms with Crippen molar-refractivity contribution < 1.29 is 4.39 Å². The van der Waals surface area contributed by atoms with E-state index in [1.165, 1.54) is 6.20 Å². The Labute approximate surface area is 102 Å². The van der Waals surface area contributed by atoms with E-state index in [0.717, 1.165) is 44.6 Å². The Balaban J connectivity index is 2.18. The van der Waals surface area contributed by atoms with Gasteiger partial charge in [-0.1, -0.05) is 19.4 Å². The Morgan fingerprint density at radius 3 is 2.88 bits per heavy atom. The van der Waals surface area contributed by atoms with E-state index in [1.807, 2.05) is 12.1 Å². The van der Waals surface area contributed by atoms with Crippen molar-refractivity contribution in [2.45, 2.75) is 25.8 Å². The van der Waals surface area contributed by atoms with Crippen LogP contribution in [0.1, 0.15) is 31.4 Å². The lowest BCUT2D eigenvalue weighted by atomic mass is 10.0. The van der Waals surface area contributed by atoms with E-state index in [-0.39, 0.29) is 12.0 Å². The van der Waals surface area contributed by atoms with Crippen LogP contribution in [0.2, 0.25) is 0 Å². The molecule has 4 heteroatoms. The number of piperazine rings is 1. The molecule has 0 aromatic carbocycles. The summed E-state index contributed by atoms with van der Waals surface area (Å²) in [7, 11) is 0. The molecule has 0 amide bonds. The molecule has 1 N–H and O–H groups in total. The maximum absolute atomic E-state index is 13.8. The van der Waals surface area contributed by atoms with Crippen LogP contribution in [-0.2, 0) is 0 Å². The van der Waals surface area contributed by atoms with Crippen molar-refractivity contribution in [3.05, 3.63) is 29.8 Å². The molecule has 1 aromatic heterocycles. The molecule has 0 bridgehead atoms. The monoisotopic (exact) mass is 237 g/mol. The number of nitrogens with one attached hydrogen (secondary N) is 1. The fourth-order valence-electron chi connectivity index (χ4n) is 2.45. The van der Waals surface area contributed by atoms with Crippen LogP contribution in [0.3, 0.4) is 0 Å². The normalized spacial score (nSPS) is 19.2. The first-order chi connectivity index (χ1) is 8.33. The minimum absolute atomic E-state index is 0.177. The van der Waals surface area contributed by atoms with Crippen molar-refractivity contribution in [1.82, 2.24) is 15.2 Å². The van der Waals surface area contributed by atoms with E-state index in [0.29, 0.717) is 0 Å². The van der Waals surface area contributed by atoms with Gasteiger partial charge in [-0.25, -0.2) is 4.98 Å². The molecule has 1 fully saturated rings. The van der Waals surface area contributed by atoms with Gasteiger partial charge in [-0.3, -0.25) is 4.90 Å². The number of aromatic nitrogens is 1. The summed E-state index contributed by atoms with van der Waals surface area (Å²) in [4.78, 5) is 6.13. The third kappa shape index (κ3) is 3.01. The largest absolute Gasteiger partial charge is 0.314 e. The highest BCUT2D eigenvalue weighted by Crippen LogP contribution is 2.27. The molecule has 0 spiro atoms. The smallest absolute Gasteiger partial charge is 0.217 e. The van der Waals surface area contributed by atoms with Crippen molar-refractivity contribution in [2.24, 2.45) is 0 Å². The Kier molecular flexibility index (Phi) is 4.45. The van der Waals surface area contributed by atoms with E-state index < -0.39 is 0 Å². The summed E-state index contributed by atoms with van der Waals surface area (Å²) < 4.78 is 13.8. The van der Waals surface area contributed by atoms with Crippen molar-refractivity contribution in [3.8, 4) is 0 Å². The summed E-state index contributed by atoms with van der Waals surface area (Å²) >= 11 is 0. The zero-order valence-electron chi connectivity index (χ0n) is 10.3. The van der Waals surface area contributed by atoms with Crippen LogP contribution in [0.25, 0.3) is 0 Å². The first kappa shape index (κ1) is 12.5. The Hall–Kier alpha value is -1.00. The third-order valence-electron chi connectivity index (χ3n) is 3.30. The van der Waals surface area contributed by atoms with E-state index in [4.69, 9.17) is 0 Å². The fourth-order valence-corrected chi connectivity index (χ4v) is 2.45.